The lowest BCUT2D eigenvalue weighted by Crippen LogP contribution is -2.51. The van der Waals surface area contributed by atoms with E-state index in [4.69, 9.17) is 0 Å². The minimum atomic E-state index is -0.221. The summed E-state index contributed by atoms with van der Waals surface area (Å²) in [7, 11) is 0. The molecule has 1 N–H and O–H groups in total. The highest BCUT2D eigenvalue weighted by Gasteiger charge is 2.29. The van der Waals surface area contributed by atoms with Gasteiger partial charge in [0.2, 0.25) is 17.7 Å². The smallest absolute Gasteiger partial charge is 0.293 e. The molecule has 2 aromatic heterocycles. The fraction of sp³-hybridized carbons (Fsp3) is 0.400. The molecule has 1 aromatic carbocycles. The molecule has 5 rings (SSSR count). The Morgan fingerprint density at radius 1 is 1.10 bits per heavy atom. The molecular formula is C20H23N9O2. The van der Waals surface area contributed by atoms with E-state index in [9.17, 15) is 9.59 Å². The molecule has 0 radical (unpaired) electrons. The molecule has 3 aromatic rings. The largest absolute Gasteiger partial charge is 0.333 e. The number of nitrogens with zero attached hydrogens (tertiary/aromatic N) is 8. The van der Waals surface area contributed by atoms with Crippen molar-refractivity contribution in [2.45, 2.75) is 13.3 Å². The molecule has 1 fully saturated rings. The summed E-state index contributed by atoms with van der Waals surface area (Å²) in [4.78, 5) is 39.7. The number of carbonyl (C=O) groups is 2. The quantitative estimate of drug-likeness (QED) is 0.632. The van der Waals surface area contributed by atoms with Gasteiger partial charge >= 0.3 is 0 Å². The minimum absolute atomic E-state index is 0.104. The summed E-state index contributed by atoms with van der Waals surface area (Å²) in [5.74, 6) is 0.979. The number of fused-ring (bicyclic) bond motifs is 1. The zero-order valence-electron chi connectivity index (χ0n) is 17.2. The van der Waals surface area contributed by atoms with E-state index in [1.54, 1.807) is 11.8 Å². The maximum absolute atomic E-state index is 12.9. The van der Waals surface area contributed by atoms with Gasteiger partial charge in [-0.25, -0.2) is 10.1 Å². The predicted octanol–water partition coefficient (Wildman–Crippen LogP) is 0.0409. The van der Waals surface area contributed by atoms with Crippen LogP contribution in [0.2, 0.25) is 0 Å². The van der Waals surface area contributed by atoms with E-state index in [0.29, 0.717) is 44.5 Å². The number of carbonyl (C=O) groups excluding carboxylic acids is 2. The number of hydrogen-bond donors (Lipinski definition) is 1. The lowest BCUT2D eigenvalue weighted by atomic mass is 10.2. The van der Waals surface area contributed by atoms with Gasteiger partial charge in [-0.05, 0) is 25.0 Å². The average Bonchev–Trinajstić information content (AvgIpc) is 3.53. The number of rotatable bonds is 4. The van der Waals surface area contributed by atoms with Crippen LogP contribution in [0.25, 0.3) is 5.95 Å². The Hall–Kier alpha value is -3.60. The van der Waals surface area contributed by atoms with Crippen molar-refractivity contribution in [3.63, 3.8) is 0 Å². The van der Waals surface area contributed by atoms with Gasteiger partial charge in [-0.3, -0.25) is 14.5 Å². The second-order valence-electron chi connectivity index (χ2n) is 7.70. The van der Waals surface area contributed by atoms with E-state index in [1.807, 2.05) is 23.1 Å². The van der Waals surface area contributed by atoms with Crippen LogP contribution in [0.1, 0.15) is 22.0 Å². The zero-order chi connectivity index (χ0) is 21.4. The Morgan fingerprint density at radius 3 is 2.68 bits per heavy atom. The van der Waals surface area contributed by atoms with Gasteiger partial charge in [0.05, 0.1) is 6.54 Å². The third-order valence-electron chi connectivity index (χ3n) is 5.77. The first-order valence-corrected chi connectivity index (χ1v) is 10.3. The average molecular weight is 421 g/mol. The molecule has 4 heterocycles. The number of aromatic nitrogens is 6. The van der Waals surface area contributed by atoms with Gasteiger partial charge in [0.25, 0.3) is 5.91 Å². The second-order valence-corrected chi connectivity index (χ2v) is 7.70. The van der Waals surface area contributed by atoms with Crippen LogP contribution >= 0.6 is 0 Å². The fourth-order valence-electron chi connectivity index (χ4n) is 4.11. The summed E-state index contributed by atoms with van der Waals surface area (Å²) >= 11 is 0. The van der Waals surface area contributed by atoms with Crippen LogP contribution in [0.3, 0.4) is 0 Å². The van der Waals surface area contributed by atoms with Crippen LogP contribution < -0.4 is 4.90 Å². The van der Waals surface area contributed by atoms with E-state index in [2.05, 4.69) is 36.2 Å². The summed E-state index contributed by atoms with van der Waals surface area (Å²) in [6.45, 7) is 5.16. The van der Waals surface area contributed by atoms with E-state index < -0.39 is 0 Å². The minimum Gasteiger partial charge on any atom is -0.333 e. The van der Waals surface area contributed by atoms with Crippen molar-refractivity contribution >= 4 is 17.5 Å². The number of H-pyrrole nitrogens is 1. The molecule has 11 nitrogen and oxygen atoms in total. The normalized spacial score (nSPS) is 16.5. The van der Waals surface area contributed by atoms with Crippen molar-refractivity contribution in [2.24, 2.45) is 0 Å². The van der Waals surface area contributed by atoms with Crippen molar-refractivity contribution in [1.82, 2.24) is 39.7 Å². The molecule has 160 valence electrons. The number of piperazine rings is 1. The van der Waals surface area contributed by atoms with Crippen LogP contribution in [0, 0.1) is 6.92 Å². The first-order chi connectivity index (χ1) is 15.1. The molecular weight excluding hydrogens is 398 g/mol. The first-order valence-electron chi connectivity index (χ1n) is 10.3. The highest BCUT2D eigenvalue weighted by atomic mass is 16.2. The number of benzene rings is 1. The van der Waals surface area contributed by atoms with Crippen LogP contribution in [0.4, 0.5) is 5.69 Å². The van der Waals surface area contributed by atoms with Gasteiger partial charge in [-0.15, -0.1) is 5.10 Å². The van der Waals surface area contributed by atoms with Crippen LogP contribution in [-0.2, 0) is 11.2 Å². The Morgan fingerprint density at radius 2 is 1.90 bits per heavy atom. The van der Waals surface area contributed by atoms with E-state index in [-0.39, 0.29) is 17.6 Å². The van der Waals surface area contributed by atoms with Gasteiger partial charge in [0.1, 0.15) is 12.2 Å². The number of aromatic amines is 1. The third kappa shape index (κ3) is 3.67. The van der Waals surface area contributed by atoms with E-state index in [0.717, 1.165) is 18.7 Å². The van der Waals surface area contributed by atoms with Gasteiger partial charge in [0.15, 0.2) is 0 Å². The van der Waals surface area contributed by atoms with Crippen molar-refractivity contribution in [3.05, 3.63) is 47.8 Å². The number of amides is 2. The lowest BCUT2D eigenvalue weighted by Gasteiger charge is -2.34. The Balaban J connectivity index is 1.18. The Kier molecular flexibility index (Phi) is 4.94. The fourth-order valence-corrected chi connectivity index (χ4v) is 4.11. The van der Waals surface area contributed by atoms with Crippen molar-refractivity contribution in [3.8, 4) is 5.95 Å². The highest BCUT2D eigenvalue weighted by molar-refractivity contribution is 5.96. The number of aryl methyl sites for hydroxylation is 1. The van der Waals surface area contributed by atoms with Crippen molar-refractivity contribution in [1.29, 1.82) is 0 Å². The van der Waals surface area contributed by atoms with Crippen LogP contribution in [-0.4, -0.2) is 90.8 Å². The molecule has 1 saturated heterocycles. The van der Waals surface area contributed by atoms with Gasteiger partial charge in [-0.2, -0.15) is 14.8 Å². The van der Waals surface area contributed by atoms with Crippen molar-refractivity contribution < 1.29 is 9.59 Å². The number of para-hydroxylation sites is 1. The van der Waals surface area contributed by atoms with Gasteiger partial charge in [-0.1, -0.05) is 18.2 Å². The molecule has 0 bridgehead atoms. The van der Waals surface area contributed by atoms with Gasteiger partial charge in [0, 0.05) is 38.4 Å². The molecule has 0 spiro atoms. The topological polar surface area (TPSA) is 116 Å². The Bertz CT molecular complexity index is 1100. The summed E-state index contributed by atoms with van der Waals surface area (Å²) in [5.41, 5.74) is 2.24. The number of hydrogen-bond acceptors (Lipinski definition) is 7. The summed E-state index contributed by atoms with van der Waals surface area (Å²) < 4.78 is 1.46. The van der Waals surface area contributed by atoms with E-state index >= 15 is 0 Å². The predicted molar refractivity (Wildman–Crippen MR) is 111 cm³/mol. The standard InChI is InChI=1S/C20H23N9O2/c1-14-23-18(25-29(14)20-21-13-22-24-20)19(31)27-10-8-26(9-11-27)12-17(30)28-7-6-15-4-2-3-5-16(15)28/h2-5,13H,6-12H2,1H3,(H,21,22,24). The second kappa shape index (κ2) is 7.91. The van der Waals surface area contributed by atoms with E-state index in [1.165, 1.54) is 16.6 Å². The lowest BCUT2D eigenvalue weighted by molar-refractivity contribution is -0.120. The maximum Gasteiger partial charge on any atom is 0.293 e. The molecule has 11 heteroatoms. The SMILES string of the molecule is Cc1nc(C(=O)N2CCN(CC(=O)N3CCc4ccccc43)CC2)nn1-c1ncn[nH]1. The molecule has 2 aliphatic heterocycles. The van der Waals surface area contributed by atoms with Crippen LogP contribution in [0.15, 0.2) is 30.6 Å². The summed E-state index contributed by atoms with van der Waals surface area (Å²) in [5, 5.41) is 10.8. The summed E-state index contributed by atoms with van der Waals surface area (Å²) in [6.07, 6.45) is 2.27. The summed E-state index contributed by atoms with van der Waals surface area (Å²) in [6, 6.07) is 8.05. The molecule has 0 unspecified atom stereocenters. The first kappa shape index (κ1) is 19.4. The number of nitrogens with one attached hydrogen (secondary N) is 1. The Labute approximate surface area is 178 Å². The maximum atomic E-state index is 12.9. The zero-order valence-corrected chi connectivity index (χ0v) is 17.2. The molecule has 2 aliphatic rings. The monoisotopic (exact) mass is 421 g/mol. The molecule has 31 heavy (non-hydrogen) atoms. The molecule has 0 atom stereocenters. The van der Waals surface area contributed by atoms with Gasteiger partial charge < -0.3 is 9.80 Å². The molecule has 0 aliphatic carbocycles. The third-order valence-corrected chi connectivity index (χ3v) is 5.77. The highest BCUT2D eigenvalue weighted by Crippen LogP contribution is 2.27. The molecule has 2 amide bonds. The van der Waals surface area contributed by atoms with Crippen LogP contribution in [0.5, 0.6) is 0 Å². The van der Waals surface area contributed by atoms with Crippen molar-refractivity contribution in [2.75, 3.05) is 44.2 Å². The number of anilines is 1. The molecule has 0 saturated carbocycles.